The van der Waals surface area contributed by atoms with E-state index in [1.54, 1.807) is 21.7 Å². The number of anilines is 1. The molecule has 3 saturated heterocycles. The van der Waals surface area contributed by atoms with Crippen molar-refractivity contribution in [3.05, 3.63) is 58.7 Å². The van der Waals surface area contributed by atoms with Crippen molar-refractivity contribution in [2.75, 3.05) is 91.0 Å². The summed E-state index contributed by atoms with van der Waals surface area (Å²) in [6.07, 6.45) is 3.67. The van der Waals surface area contributed by atoms with Gasteiger partial charge in [0.25, 0.3) is 5.91 Å². The van der Waals surface area contributed by atoms with E-state index in [9.17, 15) is 29.1 Å². The number of rotatable bonds is 13. The standard InChI is InChI=1S/C44H63N7O8/c1-5-8-39(52)46(4)25-26-58-40(53)30-47-16-12-35(13-17-47)48-21-23-49(24-22-48)42(55)38(29-33-27-31(2)41(54)32(3)28-33)59-44(57)50-18-14-36(15-19-50)51-20-11-34-9-6-7-10-37(34)45-43(51)56/h6-7,9-10,27-28,35-36,38,54H,5,8,11-26,29-30H2,1-4H3,(H,45,56)/t38-/m1/s1. The Labute approximate surface area is 348 Å². The Morgan fingerprint density at radius 2 is 1.54 bits per heavy atom. The van der Waals surface area contributed by atoms with E-state index in [2.05, 4.69) is 15.1 Å². The first-order chi connectivity index (χ1) is 28.4. The van der Waals surface area contributed by atoms with Gasteiger partial charge in [0, 0.05) is 96.6 Å². The van der Waals surface area contributed by atoms with E-state index >= 15 is 0 Å². The topological polar surface area (TPSA) is 156 Å². The van der Waals surface area contributed by atoms with Crippen LogP contribution in [0.25, 0.3) is 0 Å². The van der Waals surface area contributed by atoms with Gasteiger partial charge in [0.05, 0.1) is 13.1 Å². The summed E-state index contributed by atoms with van der Waals surface area (Å²) in [5.41, 5.74) is 4.14. The van der Waals surface area contributed by atoms with Crippen LogP contribution in [0, 0.1) is 13.8 Å². The number of carbonyl (C=O) groups is 5. The molecule has 4 aliphatic heterocycles. The molecule has 0 saturated carbocycles. The highest BCUT2D eigenvalue weighted by atomic mass is 16.6. The van der Waals surface area contributed by atoms with Crippen molar-refractivity contribution in [2.24, 2.45) is 0 Å². The molecule has 0 aliphatic carbocycles. The molecule has 15 nitrogen and oxygen atoms in total. The van der Waals surface area contributed by atoms with Gasteiger partial charge < -0.3 is 39.5 Å². The Hall–Kier alpha value is -4.89. The number of fused-ring (bicyclic) bond motifs is 1. The fourth-order valence-corrected chi connectivity index (χ4v) is 8.86. The number of likely N-dealkylation sites (tertiary alicyclic amines) is 2. The smallest absolute Gasteiger partial charge is 0.410 e. The minimum Gasteiger partial charge on any atom is -0.507 e. The molecule has 59 heavy (non-hydrogen) atoms. The lowest BCUT2D eigenvalue weighted by molar-refractivity contribution is -0.147. The summed E-state index contributed by atoms with van der Waals surface area (Å²) in [7, 11) is 1.73. The van der Waals surface area contributed by atoms with Crippen LogP contribution in [0.2, 0.25) is 0 Å². The van der Waals surface area contributed by atoms with E-state index in [-0.39, 0.29) is 55.2 Å². The van der Waals surface area contributed by atoms with Crippen molar-refractivity contribution < 1.29 is 38.6 Å². The van der Waals surface area contributed by atoms with Crippen LogP contribution in [0.1, 0.15) is 67.7 Å². The predicted octanol–water partition coefficient (Wildman–Crippen LogP) is 4.02. The van der Waals surface area contributed by atoms with Crippen LogP contribution in [-0.4, -0.2) is 168 Å². The molecule has 4 heterocycles. The molecule has 0 spiro atoms. The van der Waals surface area contributed by atoms with E-state index in [0.29, 0.717) is 88.8 Å². The van der Waals surface area contributed by atoms with Crippen LogP contribution < -0.4 is 5.32 Å². The molecule has 2 N–H and O–H groups in total. The van der Waals surface area contributed by atoms with Gasteiger partial charge in [-0.2, -0.15) is 0 Å². The van der Waals surface area contributed by atoms with E-state index in [1.807, 2.05) is 62.1 Å². The first kappa shape index (κ1) is 43.7. The third kappa shape index (κ3) is 11.4. The largest absolute Gasteiger partial charge is 0.507 e. The normalized spacial score (nSPS) is 19.1. The highest BCUT2D eigenvalue weighted by Crippen LogP contribution is 2.27. The lowest BCUT2D eigenvalue weighted by Crippen LogP contribution is -2.57. The SMILES string of the molecule is CCCC(=O)N(C)CCOC(=O)CN1CCC(N2CCN(C(=O)[C@@H](Cc3cc(C)c(O)c(C)c3)OC(=O)N3CCC(N4CCc5ccccc5NC4=O)CC3)CC2)CC1. The number of urea groups is 1. The number of ether oxygens (including phenoxy) is 2. The molecule has 0 radical (unpaired) electrons. The van der Waals surface area contributed by atoms with Gasteiger partial charge in [-0.3, -0.25) is 24.2 Å². The second-order valence-corrected chi connectivity index (χ2v) is 16.6. The number of piperazine rings is 1. The number of aromatic hydroxyl groups is 1. The van der Waals surface area contributed by atoms with E-state index < -0.39 is 12.2 Å². The molecule has 5 amide bonds. The molecule has 15 heteroatoms. The van der Waals surface area contributed by atoms with Crippen molar-refractivity contribution in [3.8, 4) is 5.75 Å². The average Bonchev–Trinajstić information content (AvgIpc) is 3.40. The molecule has 6 rings (SSSR count). The van der Waals surface area contributed by atoms with E-state index in [4.69, 9.17) is 9.47 Å². The second kappa shape index (κ2) is 20.4. The van der Waals surface area contributed by atoms with Gasteiger partial charge in [0.1, 0.15) is 12.4 Å². The molecule has 1 atom stereocenters. The number of aryl methyl sites for hydroxylation is 2. The minimum atomic E-state index is -1.04. The van der Waals surface area contributed by atoms with E-state index in [1.165, 1.54) is 0 Å². The van der Waals surface area contributed by atoms with Crippen LogP contribution in [0.5, 0.6) is 5.75 Å². The Kier molecular flexibility index (Phi) is 15.1. The second-order valence-electron chi connectivity index (χ2n) is 16.6. The van der Waals surface area contributed by atoms with Crippen LogP contribution in [0.3, 0.4) is 0 Å². The lowest BCUT2D eigenvalue weighted by atomic mass is 10.00. The molecular weight excluding hydrogens is 755 g/mol. The summed E-state index contributed by atoms with van der Waals surface area (Å²) in [5.74, 6) is -0.251. The number of hydrogen-bond acceptors (Lipinski definition) is 10. The van der Waals surface area contributed by atoms with Crippen molar-refractivity contribution in [1.29, 1.82) is 0 Å². The highest BCUT2D eigenvalue weighted by Gasteiger charge is 2.37. The molecule has 3 fully saturated rings. The third-order valence-electron chi connectivity index (χ3n) is 12.4. The first-order valence-corrected chi connectivity index (χ1v) is 21.4. The maximum Gasteiger partial charge on any atom is 0.410 e. The molecule has 0 bridgehead atoms. The molecule has 2 aromatic rings. The number of nitrogens with zero attached hydrogens (tertiary/aromatic N) is 6. The van der Waals surface area contributed by atoms with Gasteiger partial charge in [-0.05, 0) is 80.7 Å². The summed E-state index contributed by atoms with van der Waals surface area (Å²) in [4.78, 5) is 77.1. The molecular formula is C44H63N7O8. The molecule has 2 aromatic carbocycles. The van der Waals surface area contributed by atoms with Crippen LogP contribution >= 0.6 is 0 Å². The fraction of sp³-hybridized carbons (Fsp3) is 0.614. The monoisotopic (exact) mass is 817 g/mol. The number of esters is 1. The molecule has 0 unspecified atom stereocenters. The van der Waals surface area contributed by atoms with Crippen molar-refractivity contribution in [1.82, 2.24) is 29.4 Å². The number of piperidine rings is 2. The summed E-state index contributed by atoms with van der Waals surface area (Å²) in [6, 6.07) is 11.7. The lowest BCUT2D eigenvalue weighted by Gasteiger charge is -2.43. The number of para-hydroxylation sites is 1. The maximum atomic E-state index is 14.2. The van der Waals surface area contributed by atoms with Crippen LogP contribution in [-0.2, 0) is 36.7 Å². The number of hydrogen-bond donors (Lipinski definition) is 2. The number of amides is 5. The van der Waals surface area contributed by atoms with Gasteiger partial charge in [0.2, 0.25) is 5.91 Å². The third-order valence-corrected chi connectivity index (χ3v) is 12.4. The maximum absolute atomic E-state index is 14.2. The average molecular weight is 818 g/mol. The number of likely N-dealkylation sites (N-methyl/N-ethyl adjacent to an activating group) is 1. The van der Waals surface area contributed by atoms with E-state index in [0.717, 1.165) is 55.6 Å². The molecule has 0 aromatic heterocycles. The summed E-state index contributed by atoms with van der Waals surface area (Å²) in [5, 5.41) is 13.5. The number of nitrogens with one attached hydrogen (secondary N) is 1. The predicted molar refractivity (Wildman–Crippen MR) is 223 cm³/mol. The van der Waals surface area contributed by atoms with Crippen LogP contribution in [0.15, 0.2) is 36.4 Å². The quantitative estimate of drug-likeness (QED) is 0.284. The zero-order chi connectivity index (χ0) is 42.1. The molecule has 4 aliphatic rings. The zero-order valence-electron chi connectivity index (χ0n) is 35.3. The number of phenolic OH excluding ortho intramolecular Hbond substituents is 1. The Morgan fingerprint density at radius 1 is 0.881 bits per heavy atom. The van der Waals surface area contributed by atoms with Gasteiger partial charge in [0.15, 0.2) is 6.10 Å². The summed E-state index contributed by atoms with van der Waals surface area (Å²) in [6.45, 7) is 11.8. The van der Waals surface area contributed by atoms with Gasteiger partial charge in [-0.25, -0.2) is 9.59 Å². The minimum absolute atomic E-state index is 0.0137. The number of carbonyl (C=O) groups excluding carboxylic acids is 5. The summed E-state index contributed by atoms with van der Waals surface area (Å²) >= 11 is 0. The number of phenols is 1. The van der Waals surface area contributed by atoms with Crippen LogP contribution in [0.4, 0.5) is 15.3 Å². The van der Waals surface area contributed by atoms with Gasteiger partial charge in [-0.1, -0.05) is 37.3 Å². The highest BCUT2D eigenvalue weighted by molar-refractivity contribution is 5.91. The Morgan fingerprint density at radius 3 is 2.22 bits per heavy atom. The Bertz CT molecular complexity index is 1780. The Balaban J connectivity index is 0.986. The summed E-state index contributed by atoms with van der Waals surface area (Å²) < 4.78 is 11.5. The first-order valence-electron chi connectivity index (χ1n) is 21.4. The molecule has 322 valence electrons. The van der Waals surface area contributed by atoms with Crippen molar-refractivity contribution in [3.63, 3.8) is 0 Å². The fourth-order valence-electron chi connectivity index (χ4n) is 8.86. The zero-order valence-corrected chi connectivity index (χ0v) is 35.3. The number of benzene rings is 2. The van der Waals surface area contributed by atoms with Gasteiger partial charge >= 0.3 is 18.1 Å². The van der Waals surface area contributed by atoms with Gasteiger partial charge in [-0.15, -0.1) is 0 Å². The van der Waals surface area contributed by atoms with Crippen molar-refractivity contribution in [2.45, 2.75) is 90.3 Å². The van der Waals surface area contributed by atoms with Crippen molar-refractivity contribution >= 4 is 35.6 Å².